The molecular formula is C14H23BrN2O. The highest BCUT2D eigenvalue weighted by Gasteiger charge is 2.10. The minimum atomic E-state index is 0.117. The molecule has 0 aliphatic carbocycles. The standard InChI is InChI=1S/C14H23BrN2O/c1-14(2,3)16-10-11-5-6-12(9-13(11)15)17(4)7-8-18/h5-6,9,16,18H,7-8,10H2,1-4H3. The largest absolute Gasteiger partial charge is 0.395 e. The first kappa shape index (κ1) is 15.5. The zero-order valence-electron chi connectivity index (χ0n) is 11.6. The second-order valence-corrected chi connectivity index (χ2v) is 6.38. The smallest absolute Gasteiger partial charge is 0.0606 e. The first-order valence-electron chi connectivity index (χ1n) is 6.19. The van der Waals surface area contributed by atoms with Crippen LogP contribution in [0.1, 0.15) is 26.3 Å². The summed E-state index contributed by atoms with van der Waals surface area (Å²) in [6.45, 7) is 8.13. The number of nitrogens with one attached hydrogen (secondary N) is 1. The first-order valence-corrected chi connectivity index (χ1v) is 6.98. The quantitative estimate of drug-likeness (QED) is 0.877. The third-order valence-corrected chi connectivity index (χ3v) is 3.46. The van der Waals surface area contributed by atoms with Gasteiger partial charge in [-0.25, -0.2) is 0 Å². The van der Waals surface area contributed by atoms with E-state index in [1.54, 1.807) is 0 Å². The molecule has 0 aliphatic heterocycles. The van der Waals surface area contributed by atoms with Crippen LogP contribution in [-0.2, 0) is 6.54 Å². The van der Waals surface area contributed by atoms with Crippen molar-refractivity contribution < 1.29 is 5.11 Å². The highest BCUT2D eigenvalue weighted by molar-refractivity contribution is 9.10. The molecule has 0 heterocycles. The molecule has 0 spiro atoms. The van der Waals surface area contributed by atoms with Crippen molar-refractivity contribution in [2.45, 2.75) is 32.9 Å². The fourth-order valence-corrected chi connectivity index (χ4v) is 2.06. The molecule has 18 heavy (non-hydrogen) atoms. The van der Waals surface area contributed by atoms with Crippen molar-refractivity contribution in [3.63, 3.8) is 0 Å². The lowest BCUT2D eigenvalue weighted by Crippen LogP contribution is -2.35. The number of rotatable bonds is 5. The van der Waals surface area contributed by atoms with Crippen molar-refractivity contribution in [1.29, 1.82) is 0 Å². The van der Waals surface area contributed by atoms with E-state index >= 15 is 0 Å². The summed E-state index contributed by atoms with van der Waals surface area (Å²) < 4.78 is 1.10. The number of aliphatic hydroxyl groups excluding tert-OH is 1. The molecule has 0 bridgehead atoms. The van der Waals surface area contributed by atoms with Crippen molar-refractivity contribution in [3.05, 3.63) is 28.2 Å². The summed E-state index contributed by atoms with van der Waals surface area (Å²) in [5, 5.41) is 12.4. The number of halogens is 1. The zero-order valence-corrected chi connectivity index (χ0v) is 13.2. The van der Waals surface area contributed by atoms with E-state index in [2.05, 4.69) is 60.2 Å². The lowest BCUT2D eigenvalue weighted by molar-refractivity contribution is 0.304. The Balaban J connectivity index is 2.73. The van der Waals surface area contributed by atoms with Gasteiger partial charge in [-0.15, -0.1) is 0 Å². The average molecular weight is 315 g/mol. The van der Waals surface area contributed by atoms with E-state index in [-0.39, 0.29) is 12.1 Å². The van der Waals surface area contributed by atoms with Crippen molar-refractivity contribution in [2.24, 2.45) is 0 Å². The van der Waals surface area contributed by atoms with Gasteiger partial charge in [-0.05, 0) is 38.5 Å². The average Bonchev–Trinajstić information content (AvgIpc) is 2.26. The summed E-state index contributed by atoms with van der Waals surface area (Å²) in [5.41, 5.74) is 2.47. The Hall–Kier alpha value is -0.580. The zero-order chi connectivity index (χ0) is 13.8. The summed E-state index contributed by atoms with van der Waals surface area (Å²) in [7, 11) is 1.98. The highest BCUT2D eigenvalue weighted by atomic mass is 79.9. The van der Waals surface area contributed by atoms with Crippen LogP contribution in [0.2, 0.25) is 0 Å². The molecule has 1 rings (SSSR count). The number of aliphatic hydroxyl groups is 1. The molecule has 0 atom stereocenters. The Bertz CT molecular complexity index is 388. The summed E-state index contributed by atoms with van der Waals surface area (Å²) in [6.07, 6.45) is 0. The van der Waals surface area contributed by atoms with E-state index in [0.717, 1.165) is 16.7 Å². The van der Waals surface area contributed by atoms with Gasteiger partial charge in [0, 0.05) is 35.8 Å². The number of benzene rings is 1. The van der Waals surface area contributed by atoms with Crippen molar-refractivity contribution >= 4 is 21.6 Å². The Labute approximate surface area is 118 Å². The van der Waals surface area contributed by atoms with E-state index in [1.165, 1.54) is 5.56 Å². The van der Waals surface area contributed by atoms with Gasteiger partial charge in [0.15, 0.2) is 0 Å². The Kier molecular flexibility index (Phi) is 5.63. The molecule has 2 N–H and O–H groups in total. The van der Waals surface area contributed by atoms with Crippen LogP contribution in [0.15, 0.2) is 22.7 Å². The van der Waals surface area contributed by atoms with Crippen LogP contribution in [0, 0.1) is 0 Å². The van der Waals surface area contributed by atoms with Gasteiger partial charge in [-0.1, -0.05) is 22.0 Å². The van der Waals surface area contributed by atoms with Crippen molar-refractivity contribution in [1.82, 2.24) is 5.32 Å². The topological polar surface area (TPSA) is 35.5 Å². The summed E-state index contributed by atoms with van der Waals surface area (Å²) >= 11 is 3.61. The summed E-state index contributed by atoms with van der Waals surface area (Å²) in [4.78, 5) is 2.03. The molecular weight excluding hydrogens is 292 g/mol. The van der Waals surface area contributed by atoms with Crippen LogP contribution in [0.25, 0.3) is 0 Å². The van der Waals surface area contributed by atoms with Crippen LogP contribution in [-0.4, -0.2) is 30.8 Å². The SMILES string of the molecule is CN(CCO)c1ccc(CNC(C)(C)C)c(Br)c1. The first-order chi connectivity index (χ1) is 8.33. The molecule has 0 unspecified atom stereocenters. The van der Waals surface area contributed by atoms with Crippen molar-refractivity contribution in [2.75, 3.05) is 25.1 Å². The van der Waals surface area contributed by atoms with Crippen LogP contribution < -0.4 is 10.2 Å². The van der Waals surface area contributed by atoms with E-state index in [9.17, 15) is 0 Å². The Morgan fingerprint density at radius 3 is 2.50 bits per heavy atom. The van der Waals surface area contributed by atoms with E-state index in [1.807, 2.05) is 11.9 Å². The summed E-state index contributed by atoms with van der Waals surface area (Å²) in [5.74, 6) is 0. The van der Waals surface area contributed by atoms with Gasteiger partial charge in [0.1, 0.15) is 0 Å². The predicted molar refractivity (Wildman–Crippen MR) is 81.1 cm³/mol. The second-order valence-electron chi connectivity index (χ2n) is 5.52. The molecule has 102 valence electrons. The lowest BCUT2D eigenvalue weighted by Gasteiger charge is -2.22. The van der Waals surface area contributed by atoms with Crippen molar-refractivity contribution in [3.8, 4) is 0 Å². The predicted octanol–water partition coefficient (Wildman–Crippen LogP) is 2.77. The third kappa shape index (κ3) is 4.96. The van der Waals surface area contributed by atoms with Gasteiger partial charge in [0.2, 0.25) is 0 Å². The van der Waals surface area contributed by atoms with E-state index < -0.39 is 0 Å². The van der Waals surface area contributed by atoms with Crippen LogP contribution >= 0.6 is 15.9 Å². The molecule has 0 fully saturated rings. The molecule has 1 aromatic rings. The molecule has 0 aliphatic rings. The van der Waals surface area contributed by atoms with Crippen LogP contribution in [0.3, 0.4) is 0 Å². The molecule has 0 saturated carbocycles. The fourth-order valence-electron chi connectivity index (χ4n) is 1.56. The second kappa shape index (κ2) is 6.55. The minimum Gasteiger partial charge on any atom is -0.395 e. The summed E-state index contributed by atoms with van der Waals surface area (Å²) in [6, 6.07) is 6.29. The number of likely N-dealkylation sites (N-methyl/N-ethyl adjacent to an activating group) is 1. The van der Waals surface area contributed by atoms with Gasteiger partial charge < -0.3 is 15.3 Å². The maximum absolute atomic E-state index is 8.93. The number of hydrogen-bond acceptors (Lipinski definition) is 3. The van der Waals surface area contributed by atoms with Gasteiger partial charge in [0.25, 0.3) is 0 Å². The number of nitrogens with zero attached hydrogens (tertiary/aromatic N) is 1. The van der Waals surface area contributed by atoms with Gasteiger partial charge in [0.05, 0.1) is 6.61 Å². The molecule has 1 aromatic carbocycles. The Morgan fingerprint density at radius 1 is 1.33 bits per heavy atom. The fraction of sp³-hybridized carbons (Fsp3) is 0.571. The Morgan fingerprint density at radius 2 is 2.00 bits per heavy atom. The van der Waals surface area contributed by atoms with Crippen LogP contribution in [0.4, 0.5) is 5.69 Å². The third-order valence-electron chi connectivity index (χ3n) is 2.72. The van der Waals surface area contributed by atoms with Crippen LogP contribution in [0.5, 0.6) is 0 Å². The number of hydrogen-bond donors (Lipinski definition) is 2. The molecule has 0 amide bonds. The highest BCUT2D eigenvalue weighted by Crippen LogP contribution is 2.24. The maximum Gasteiger partial charge on any atom is 0.0606 e. The molecule has 4 heteroatoms. The minimum absolute atomic E-state index is 0.117. The van der Waals surface area contributed by atoms with Gasteiger partial charge >= 0.3 is 0 Å². The monoisotopic (exact) mass is 314 g/mol. The molecule has 0 saturated heterocycles. The molecule has 3 nitrogen and oxygen atoms in total. The molecule has 0 radical (unpaired) electrons. The van der Waals surface area contributed by atoms with E-state index in [4.69, 9.17) is 5.11 Å². The van der Waals surface area contributed by atoms with E-state index in [0.29, 0.717) is 6.54 Å². The maximum atomic E-state index is 8.93. The number of anilines is 1. The normalized spacial score (nSPS) is 11.7. The lowest BCUT2D eigenvalue weighted by atomic mass is 10.1. The molecule has 0 aromatic heterocycles. The van der Waals surface area contributed by atoms with Gasteiger partial charge in [-0.2, -0.15) is 0 Å². The van der Waals surface area contributed by atoms with Gasteiger partial charge in [-0.3, -0.25) is 0 Å².